The van der Waals surface area contributed by atoms with E-state index in [-0.39, 0.29) is 5.56 Å². The Balaban J connectivity index is 2.18. The van der Waals surface area contributed by atoms with Crippen molar-refractivity contribution in [2.45, 2.75) is 0 Å². The van der Waals surface area contributed by atoms with Gasteiger partial charge in [-0.25, -0.2) is 4.39 Å². The normalized spacial score (nSPS) is 10.1. The van der Waals surface area contributed by atoms with Crippen molar-refractivity contribution in [3.05, 3.63) is 47.9 Å². The van der Waals surface area contributed by atoms with Gasteiger partial charge in [0.25, 0.3) is 5.91 Å². The maximum absolute atomic E-state index is 13.3. The van der Waals surface area contributed by atoms with Crippen molar-refractivity contribution in [3.8, 4) is 0 Å². The van der Waals surface area contributed by atoms with Gasteiger partial charge >= 0.3 is 0 Å². The second-order valence-corrected chi connectivity index (χ2v) is 3.31. The Kier molecular flexibility index (Phi) is 2.68. The smallest absolute Gasteiger partial charge is 0.259 e. The van der Waals surface area contributed by atoms with E-state index in [2.05, 4.69) is 10.4 Å². The maximum atomic E-state index is 13.3. The van der Waals surface area contributed by atoms with Crippen molar-refractivity contribution in [3.63, 3.8) is 0 Å². The minimum absolute atomic E-state index is 0.00755. The van der Waals surface area contributed by atoms with Crippen LogP contribution >= 0.6 is 0 Å². The molecular weight excluding hydrogens is 209 g/mol. The molecule has 0 radical (unpaired) electrons. The number of aromatic nitrogens is 2. The van der Waals surface area contributed by atoms with E-state index in [9.17, 15) is 9.18 Å². The van der Waals surface area contributed by atoms with Crippen LogP contribution in [0.5, 0.6) is 0 Å². The van der Waals surface area contributed by atoms with Crippen molar-refractivity contribution in [1.82, 2.24) is 9.78 Å². The van der Waals surface area contributed by atoms with E-state index in [0.29, 0.717) is 5.82 Å². The average Bonchev–Trinajstić information content (AvgIpc) is 2.64. The first-order valence-corrected chi connectivity index (χ1v) is 4.72. The third-order valence-electron chi connectivity index (χ3n) is 2.07. The molecule has 0 saturated heterocycles. The molecule has 0 fully saturated rings. The number of hydrogen-bond acceptors (Lipinski definition) is 2. The summed E-state index contributed by atoms with van der Waals surface area (Å²) in [7, 11) is 1.73. The van der Waals surface area contributed by atoms with E-state index in [1.54, 1.807) is 30.1 Å². The van der Waals surface area contributed by atoms with E-state index in [4.69, 9.17) is 0 Å². The number of benzene rings is 1. The van der Waals surface area contributed by atoms with E-state index < -0.39 is 11.7 Å². The first-order chi connectivity index (χ1) is 7.66. The summed E-state index contributed by atoms with van der Waals surface area (Å²) in [4.78, 5) is 11.6. The molecule has 0 aliphatic carbocycles. The molecule has 0 spiro atoms. The number of hydrogen-bond donors (Lipinski definition) is 1. The number of halogens is 1. The van der Waals surface area contributed by atoms with Crippen LogP contribution in [-0.4, -0.2) is 15.7 Å². The van der Waals surface area contributed by atoms with Crippen LogP contribution in [-0.2, 0) is 7.05 Å². The van der Waals surface area contributed by atoms with Gasteiger partial charge < -0.3 is 5.32 Å². The molecule has 1 aromatic heterocycles. The Labute approximate surface area is 91.7 Å². The van der Waals surface area contributed by atoms with Crippen LogP contribution in [0.1, 0.15) is 10.4 Å². The van der Waals surface area contributed by atoms with E-state index in [1.165, 1.54) is 18.2 Å². The molecular formula is C11H10FN3O. The molecule has 5 heteroatoms. The first-order valence-electron chi connectivity index (χ1n) is 4.72. The summed E-state index contributed by atoms with van der Waals surface area (Å²) in [5.74, 6) is -0.650. The summed E-state index contributed by atoms with van der Waals surface area (Å²) in [5.41, 5.74) is 0.00755. The molecule has 0 bridgehead atoms. The quantitative estimate of drug-likeness (QED) is 0.837. The molecule has 1 heterocycles. The number of aryl methyl sites for hydroxylation is 1. The summed E-state index contributed by atoms with van der Waals surface area (Å²) in [6, 6.07) is 7.45. The van der Waals surface area contributed by atoms with Crippen LogP contribution in [0, 0.1) is 5.82 Å². The van der Waals surface area contributed by atoms with Gasteiger partial charge in [0.05, 0.1) is 5.56 Å². The monoisotopic (exact) mass is 219 g/mol. The summed E-state index contributed by atoms with van der Waals surface area (Å²) in [5, 5.41) is 6.48. The average molecular weight is 219 g/mol. The van der Waals surface area contributed by atoms with Gasteiger partial charge in [0, 0.05) is 19.3 Å². The first kappa shape index (κ1) is 10.4. The van der Waals surface area contributed by atoms with Crippen molar-refractivity contribution in [2.75, 3.05) is 5.32 Å². The highest BCUT2D eigenvalue weighted by molar-refractivity contribution is 6.03. The highest BCUT2D eigenvalue weighted by Gasteiger charge is 2.11. The molecule has 2 rings (SSSR count). The van der Waals surface area contributed by atoms with Crippen LogP contribution < -0.4 is 5.32 Å². The Morgan fingerprint density at radius 2 is 2.12 bits per heavy atom. The molecule has 0 atom stereocenters. The zero-order chi connectivity index (χ0) is 11.5. The fraction of sp³-hybridized carbons (Fsp3) is 0.0909. The number of amides is 1. The van der Waals surface area contributed by atoms with Gasteiger partial charge in [-0.3, -0.25) is 9.48 Å². The van der Waals surface area contributed by atoms with Gasteiger partial charge in [-0.1, -0.05) is 12.1 Å². The number of carbonyl (C=O) groups excluding carboxylic acids is 1. The number of carbonyl (C=O) groups is 1. The molecule has 4 nitrogen and oxygen atoms in total. The molecule has 1 N–H and O–H groups in total. The minimum Gasteiger partial charge on any atom is -0.305 e. The minimum atomic E-state index is -0.545. The Bertz CT molecular complexity index is 521. The van der Waals surface area contributed by atoms with Crippen molar-refractivity contribution in [2.24, 2.45) is 7.05 Å². The Morgan fingerprint density at radius 1 is 1.38 bits per heavy atom. The van der Waals surface area contributed by atoms with Crippen LogP contribution in [0.4, 0.5) is 10.2 Å². The van der Waals surface area contributed by atoms with Crippen molar-refractivity contribution < 1.29 is 9.18 Å². The number of nitrogens with one attached hydrogen (secondary N) is 1. The fourth-order valence-electron chi connectivity index (χ4n) is 1.31. The van der Waals surface area contributed by atoms with E-state index in [1.807, 2.05) is 0 Å². The van der Waals surface area contributed by atoms with Crippen LogP contribution in [0.3, 0.4) is 0 Å². The molecule has 0 aliphatic heterocycles. The molecule has 0 saturated carbocycles. The maximum Gasteiger partial charge on any atom is 0.259 e. The molecule has 1 amide bonds. The van der Waals surface area contributed by atoms with Gasteiger partial charge in [0.15, 0.2) is 5.82 Å². The van der Waals surface area contributed by atoms with Crippen LogP contribution in [0.15, 0.2) is 36.5 Å². The lowest BCUT2D eigenvalue weighted by Crippen LogP contribution is -2.14. The SMILES string of the molecule is Cn1ccc(NC(=O)c2ccccc2F)n1. The van der Waals surface area contributed by atoms with E-state index in [0.717, 1.165) is 0 Å². The predicted molar refractivity (Wildman–Crippen MR) is 57.6 cm³/mol. The third kappa shape index (κ3) is 2.08. The van der Waals surface area contributed by atoms with Crippen molar-refractivity contribution in [1.29, 1.82) is 0 Å². The van der Waals surface area contributed by atoms with Gasteiger partial charge in [0.1, 0.15) is 5.82 Å². The lowest BCUT2D eigenvalue weighted by atomic mass is 10.2. The number of nitrogens with zero attached hydrogens (tertiary/aromatic N) is 2. The summed E-state index contributed by atoms with van der Waals surface area (Å²) < 4.78 is 14.8. The lowest BCUT2D eigenvalue weighted by molar-refractivity contribution is 0.102. The largest absolute Gasteiger partial charge is 0.305 e. The van der Waals surface area contributed by atoms with Gasteiger partial charge in [0.2, 0.25) is 0 Å². The van der Waals surface area contributed by atoms with Crippen LogP contribution in [0.25, 0.3) is 0 Å². The molecule has 2 aromatic rings. The molecule has 0 unspecified atom stereocenters. The second-order valence-electron chi connectivity index (χ2n) is 3.31. The van der Waals surface area contributed by atoms with Gasteiger partial charge in [-0.15, -0.1) is 0 Å². The highest BCUT2D eigenvalue weighted by Crippen LogP contribution is 2.09. The topological polar surface area (TPSA) is 46.9 Å². The molecule has 82 valence electrons. The molecule has 16 heavy (non-hydrogen) atoms. The molecule has 1 aromatic carbocycles. The lowest BCUT2D eigenvalue weighted by Gasteiger charge is -2.02. The van der Waals surface area contributed by atoms with Crippen LogP contribution in [0.2, 0.25) is 0 Å². The van der Waals surface area contributed by atoms with Crippen molar-refractivity contribution >= 4 is 11.7 Å². The van der Waals surface area contributed by atoms with Gasteiger partial charge in [-0.05, 0) is 12.1 Å². The fourth-order valence-corrected chi connectivity index (χ4v) is 1.31. The Hall–Kier alpha value is -2.17. The second kappa shape index (κ2) is 4.14. The summed E-state index contributed by atoms with van der Waals surface area (Å²) in [6.45, 7) is 0. The number of anilines is 1. The number of rotatable bonds is 2. The standard InChI is InChI=1S/C11H10FN3O/c1-15-7-6-10(14-15)13-11(16)8-4-2-3-5-9(8)12/h2-7H,1H3,(H,13,14,16). The highest BCUT2D eigenvalue weighted by atomic mass is 19.1. The third-order valence-corrected chi connectivity index (χ3v) is 2.07. The predicted octanol–water partition coefficient (Wildman–Crippen LogP) is 1.81. The van der Waals surface area contributed by atoms with E-state index >= 15 is 0 Å². The molecule has 0 aliphatic rings. The zero-order valence-corrected chi connectivity index (χ0v) is 8.64. The summed E-state index contributed by atoms with van der Waals surface area (Å²) >= 11 is 0. The van der Waals surface area contributed by atoms with Gasteiger partial charge in [-0.2, -0.15) is 5.10 Å². The summed E-state index contributed by atoms with van der Waals surface area (Å²) in [6.07, 6.45) is 1.69. The Morgan fingerprint density at radius 3 is 2.75 bits per heavy atom. The zero-order valence-electron chi connectivity index (χ0n) is 8.64.